The van der Waals surface area contributed by atoms with Crippen LogP contribution in [0.15, 0.2) is 47.4 Å². The number of aromatic nitrogens is 3. The Kier molecular flexibility index (Phi) is 4.47. The van der Waals surface area contributed by atoms with E-state index in [1.165, 1.54) is 0 Å². The molecule has 1 unspecified atom stereocenters. The van der Waals surface area contributed by atoms with E-state index in [1.54, 1.807) is 23.9 Å². The van der Waals surface area contributed by atoms with Crippen molar-refractivity contribution in [2.24, 2.45) is 0 Å². The molecule has 0 fully saturated rings. The van der Waals surface area contributed by atoms with Crippen molar-refractivity contribution in [1.82, 2.24) is 19.5 Å². The topological polar surface area (TPSA) is 86.1 Å². The number of sulfonamides is 1. The fraction of sp³-hybridized carbons (Fsp3) is 0.333. The van der Waals surface area contributed by atoms with Crippen molar-refractivity contribution < 1.29 is 13.2 Å². The summed E-state index contributed by atoms with van der Waals surface area (Å²) in [6.07, 6.45) is 1.53. The number of benzene rings is 2. The fourth-order valence-electron chi connectivity index (χ4n) is 3.29. The molecule has 4 rings (SSSR count). The number of hydrogen-bond acceptors (Lipinski definition) is 5. The molecule has 1 atom stereocenters. The standard InChI is InChI=1S/C18H20N4O3S/c1-25-12-17-19-18-16(7-4-10-22(18)20-17)21-26(23,24)15-9-8-13-5-2-3-6-14(13)11-15/h2-3,5-6,8-9,11,16,21H,4,7,10,12H2,1H3. The lowest BCUT2D eigenvalue weighted by molar-refractivity contribution is 0.177. The summed E-state index contributed by atoms with van der Waals surface area (Å²) in [7, 11) is -2.08. The van der Waals surface area contributed by atoms with Gasteiger partial charge in [-0.15, -0.1) is 0 Å². The van der Waals surface area contributed by atoms with Crippen molar-refractivity contribution >= 4 is 20.8 Å². The molecule has 136 valence electrons. The van der Waals surface area contributed by atoms with Crippen LogP contribution in [-0.4, -0.2) is 30.3 Å². The zero-order chi connectivity index (χ0) is 18.1. The third-order valence-corrected chi connectivity index (χ3v) is 5.99. The molecule has 1 N–H and O–H groups in total. The summed E-state index contributed by atoms with van der Waals surface area (Å²) in [4.78, 5) is 4.70. The van der Waals surface area contributed by atoms with Gasteiger partial charge in [0, 0.05) is 13.7 Å². The van der Waals surface area contributed by atoms with Gasteiger partial charge in [0.25, 0.3) is 0 Å². The van der Waals surface area contributed by atoms with Crippen LogP contribution in [0.4, 0.5) is 0 Å². The summed E-state index contributed by atoms with van der Waals surface area (Å²) in [5, 5.41) is 6.28. The largest absolute Gasteiger partial charge is 0.377 e. The van der Waals surface area contributed by atoms with Crippen molar-refractivity contribution in [3.63, 3.8) is 0 Å². The lowest BCUT2D eigenvalue weighted by Crippen LogP contribution is -2.33. The fourth-order valence-corrected chi connectivity index (χ4v) is 4.55. The number of aryl methyl sites for hydroxylation is 1. The van der Waals surface area contributed by atoms with E-state index in [0.29, 0.717) is 24.7 Å². The minimum atomic E-state index is -3.66. The molecule has 1 aromatic heterocycles. The van der Waals surface area contributed by atoms with Crippen molar-refractivity contribution in [3.8, 4) is 0 Å². The molecule has 3 aromatic rings. The molecule has 0 spiro atoms. The first-order valence-corrected chi connectivity index (χ1v) is 9.99. The number of nitrogens with zero attached hydrogens (tertiary/aromatic N) is 3. The van der Waals surface area contributed by atoms with Crippen molar-refractivity contribution in [1.29, 1.82) is 0 Å². The summed E-state index contributed by atoms with van der Waals surface area (Å²) in [5.74, 6) is 1.21. The van der Waals surface area contributed by atoms with Crippen LogP contribution in [0.25, 0.3) is 10.8 Å². The molecule has 0 radical (unpaired) electrons. The van der Waals surface area contributed by atoms with Gasteiger partial charge in [-0.1, -0.05) is 30.3 Å². The maximum atomic E-state index is 12.9. The van der Waals surface area contributed by atoms with Crippen molar-refractivity contribution in [3.05, 3.63) is 54.1 Å². The van der Waals surface area contributed by atoms with Crippen molar-refractivity contribution in [2.45, 2.75) is 36.9 Å². The third kappa shape index (κ3) is 3.23. The highest BCUT2D eigenvalue weighted by molar-refractivity contribution is 7.89. The van der Waals surface area contributed by atoms with E-state index in [4.69, 9.17) is 4.74 Å². The van der Waals surface area contributed by atoms with Gasteiger partial charge in [-0.25, -0.2) is 22.8 Å². The first-order chi connectivity index (χ1) is 12.6. The Hall–Kier alpha value is -2.29. The van der Waals surface area contributed by atoms with Crippen LogP contribution in [0.1, 0.15) is 30.5 Å². The summed E-state index contributed by atoms with van der Waals surface area (Å²) < 4.78 is 35.4. The normalized spacial score (nSPS) is 17.3. The van der Waals surface area contributed by atoms with Gasteiger partial charge in [-0.05, 0) is 35.7 Å². The highest BCUT2D eigenvalue weighted by Crippen LogP contribution is 2.26. The molecule has 7 nitrogen and oxygen atoms in total. The Balaban J connectivity index is 1.63. The summed E-state index contributed by atoms with van der Waals surface area (Å²) in [6, 6.07) is 12.5. The second-order valence-corrected chi connectivity index (χ2v) is 8.08. The highest BCUT2D eigenvalue weighted by atomic mass is 32.2. The monoisotopic (exact) mass is 372 g/mol. The predicted octanol–water partition coefficient (Wildman–Crippen LogP) is 2.39. The second kappa shape index (κ2) is 6.79. The Bertz CT molecular complexity index is 1050. The molecule has 1 aliphatic heterocycles. The lowest BCUT2D eigenvalue weighted by atomic mass is 10.1. The molecule has 1 aliphatic rings. The average molecular weight is 372 g/mol. The van der Waals surface area contributed by atoms with Gasteiger partial charge in [0.05, 0.1) is 10.9 Å². The average Bonchev–Trinajstić information content (AvgIpc) is 3.05. The molecule has 2 heterocycles. The van der Waals surface area contributed by atoms with E-state index in [0.717, 1.165) is 23.7 Å². The van der Waals surface area contributed by atoms with Crippen LogP contribution in [0.3, 0.4) is 0 Å². The summed E-state index contributed by atoms with van der Waals surface area (Å²) >= 11 is 0. The molecule has 0 saturated carbocycles. The molecule has 0 aliphatic carbocycles. The SMILES string of the molecule is COCc1nc2n(n1)CCCC2NS(=O)(=O)c1ccc2ccccc2c1. The minimum Gasteiger partial charge on any atom is -0.377 e. The molecule has 0 amide bonds. The van der Waals surface area contributed by atoms with E-state index in [2.05, 4.69) is 14.8 Å². The van der Waals surface area contributed by atoms with E-state index in [-0.39, 0.29) is 4.90 Å². The molecular formula is C18H20N4O3S. The molecule has 2 aromatic carbocycles. The number of fused-ring (bicyclic) bond motifs is 2. The molecule has 26 heavy (non-hydrogen) atoms. The first kappa shape index (κ1) is 17.1. The van der Waals surface area contributed by atoms with E-state index in [1.807, 2.05) is 30.3 Å². The molecule has 0 bridgehead atoms. The summed E-state index contributed by atoms with van der Waals surface area (Å²) in [5.41, 5.74) is 0. The van der Waals surface area contributed by atoms with Gasteiger partial charge in [0.1, 0.15) is 12.4 Å². The lowest BCUT2D eigenvalue weighted by Gasteiger charge is -2.23. The Morgan fingerprint density at radius 2 is 2.04 bits per heavy atom. The Morgan fingerprint density at radius 3 is 2.85 bits per heavy atom. The zero-order valence-corrected chi connectivity index (χ0v) is 15.2. The highest BCUT2D eigenvalue weighted by Gasteiger charge is 2.29. The van der Waals surface area contributed by atoms with E-state index >= 15 is 0 Å². The maximum absolute atomic E-state index is 12.9. The van der Waals surface area contributed by atoms with E-state index < -0.39 is 16.1 Å². The smallest absolute Gasteiger partial charge is 0.241 e. The van der Waals surface area contributed by atoms with Gasteiger partial charge >= 0.3 is 0 Å². The Morgan fingerprint density at radius 1 is 1.23 bits per heavy atom. The second-order valence-electron chi connectivity index (χ2n) is 6.37. The molecular weight excluding hydrogens is 352 g/mol. The van der Waals surface area contributed by atoms with Crippen LogP contribution in [0, 0.1) is 0 Å². The molecule has 0 saturated heterocycles. The van der Waals surface area contributed by atoms with E-state index in [9.17, 15) is 8.42 Å². The molecule has 8 heteroatoms. The quantitative estimate of drug-likeness (QED) is 0.743. The van der Waals surface area contributed by atoms with Gasteiger partial charge in [-0.3, -0.25) is 0 Å². The van der Waals surface area contributed by atoms with Crippen LogP contribution >= 0.6 is 0 Å². The number of methoxy groups -OCH3 is 1. The van der Waals surface area contributed by atoms with Crippen LogP contribution in [0.2, 0.25) is 0 Å². The Labute approximate surface area is 152 Å². The van der Waals surface area contributed by atoms with Crippen LogP contribution in [-0.2, 0) is 27.9 Å². The van der Waals surface area contributed by atoms with Gasteiger partial charge in [0.2, 0.25) is 10.0 Å². The number of hydrogen-bond donors (Lipinski definition) is 1. The van der Waals surface area contributed by atoms with Crippen LogP contribution < -0.4 is 4.72 Å². The summed E-state index contributed by atoms with van der Waals surface area (Å²) in [6.45, 7) is 1.05. The maximum Gasteiger partial charge on any atom is 0.241 e. The minimum absolute atomic E-state index is 0.255. The first-order valence-electron chi connectivity index (χ1n) is 8.50. The predicted molar refractivity (Wildman–Crippen MR) is 97.0 cm³/mol. The third-order valence-electron chi connectivity index (χ3n) is 4.52. The van der Waals surface area contributed by atoms with Gasteiger partial charge in [0.15, 0.2) is 5.82 Å². The van der Waals surface area contributed by atoms with Crippen LogP contribution in [0.5, 0.6) is 0 Å². The van der Waals surface area contributed by atoms with Gasteiger partial charge < -0.3 is 4.74 Å². The zero-order valence-electron chi connectivity index (χ0n) is 14.4. The number of ether oxygens (including phenoxy) is 1. The number of rotatable bonds is 5. The number of nitrogens with one attached hydrogen (secondary N) is 1. The van der Waals surface area contributed by atoms with Crippen molar-refractivity contribution in [2.75, 3.05) is 7.11 Å². The van der Waals surface area contributed by atoms with Gasteiger partial charge in [-0.2, -0.15) is 5.10 Å².